The van der Waals surface area contributed by atoms with Crippen LogP contribution in [0.5, 0.6) is 0 Å². The van der Waals surface area contributed by atoms with Gasteiger partial charge in [0.15, 0.2) is 0 Å². The number of aliphatic hydroxyl groups excluding tert-OH is 2. The average molecular weight is 552 g/mol. The number of halogens is 1. The van der Waals surface area contributed by atoms with E-state index in [4.69, 9.17) is 18.9 Å². The molecule has 3 aliphatic rings. The molecule has 0 aromatic rings. The zero-order valence-electron chi connectivity index (χ0n) is 18.1. The highest BCUT2D eigenvalue weighted by atomic mass is 127. The summed E-state index contributed by atoms with van der Waals surface area (Å²) in [6.45, 7) is 5.98. The average Bonchev–Trinajstić information content (AvgIpc) is 3.02. The summed E-state index contributed by atoms with van der Waals surface area (Å²) in [5, 5.41) is 21.6. The Kier molecular flexibility index (Phi) is 8.90. The summed E-state index contributed by atoms with van der Waals surface area (Å²) in [7, 11) is 1.33. The van der Waals surface area contributed by atoms with Crippen molar-refractivity contribution in [2.24, 2.45) is 5.92 Å². The second-order valence-corrected chi connectivity index (χ2v) is 10.5. The van der Waals surface area contributed by atoms with Crippen molar-refractivity contribution in [1.29, 1.82) is 0 Å². The smallest absolute Gasteiger partial charge is 0.308 e. The molecule has 3 rings (SSSR count). The summed E-state index contributed by atoms with van der Waals surface area (Å²) < 4.78 is 23.6. The normalized spacial score (nSPS) is 38.1. The number of Topliss-reactive ketones (excluding diaryl/α,β-unsaturated/α-hetero) is 1. The van der Waals surface area contributed by atoms with E-state index in [1.54, 1.807) is 0 Å². The van der Waals surface area contributed by atoms with Gasteiger partial charge in [0.2, 0.25) is 0 Å². The van der Waals surface area contributed by atoms with Gasteiger partial charge >= 0.3 is 5.97 Å². The lowest BCUT2D eigenvalue weighted by molar-refractivity contribution is -0.259. The highest BCUT2D eigenvalue weighted by Crippen LogP contribution is 2.40. The van der Waals surface area contributed by atoms with Gasteiger partial charge in [0, 0.05) is 12.8 Å². The standard InChI is InChI=1S/C22H33IO8/c1-11(8-12(2)23)4-5-13(24)9-16-18(26)21-22(31-16)19(27)20-15(30-21)7-6-14(29-20)10-17(25)28-3/h11,14-16,18-22,26-27H,2,4-10H2,1,3H3/t11-,14?,15+,16+,18?,19?,20+,21?,22?/m1/s1. The molecular weight excluding hydrogens is 519 g/mol. The lowest BCUT2D eigenvalue weighted by Gasteiger charge is -2.46. The van der Waals surface area contributed by atoms with Gasteiger partial charge in [0.25, 0.3) is 0 Å². The summed E-state index contributed by atoms with van der Waals surface area (Å²) >= 11 is 2.20. The van der Waals surface area contributed by atoms with E-state index in [2.05, 4.69) is 36.1 Å². The highest BCUT2D eigenvalue weighted by Gasteiger charge is 2.57. The molecule has 2 N–H and O–H groups in total. The summed E-state index contributed by atoms with van der Waals surface area (Å²) in [6, 6.07) is 0. The summed E-state index contributed by atoms with van der Waals surface area (Å²) in [5.41, 5.74) is 0. The second-order valence-electron chi connectivity index (χ2n) is 8.95. The Morgan fingerprint density at radius 2 is 1.81 bits per heavy atom. The van der Waals surface area contributed by atoms with Crippen LogP contribution >= 0.6 is 22.6 Å². The Balaban J connectivity index is 1.54. The van der Waals surface area contributed by atoms with E-state index in [-0.39, 0.29) is 36.8 Å². The van der Waals surface area contributed by atoms with E-state index in [0.29, 0.717) is 25.2 Å². The predicted molar refractivity (Wildman–Crippen MR) is 120 cm³/mol. The van der Waals surface area contributed by atoms with E-state index >= 15 is 0 Å². The van der Waals surface area contributed by atoms with Gasteiger partial charge in [-0.25, -0.2) is 0 Å². The van der Waals surface area contributed by atoms with Gasteiger partial charge in [0.05, 0.1) is 31.8 Å². The quantitative estimate of drug-likeness (QED) is 0.331. The number of aliphatic hydroxyl groups is 2. The summed E-state index contributed by atoms with van der Waals surface area (Å²) in [6.07, 6.45) is -2.10. The minimum atomic E-state index is -1.01. The molecule has 3 fully saturated rings. The number of esters is 1. The third-order valence-corrected chi connectivity index (χ3v) is 6.84. The number of carbonyl (C=O) groups excluding carboxylic acids is 2. The fraction of sp³-hybridized carbons (Fsp3) is 0.818. The van der Waals surface area contributed by atoms with Crippen LogP contribution < -0.4 is 0 Å². The van der Waals surface area contributed by atoms with Crippen molar-refractivity contribution in [3.63, 3.8) is 0 Å². The number of fused-ring (bicyclic) bond motifs is 2. The number of carbonyl (C=O) groups is 2. The van der Waals surface area contributed by atoms with E-state index in [9.17, 15) is 19.8 Å². The molecule has 31 heavy (non-hydrogen) atoms. The Bertz CT molecular complexity index is 670. The van der Waals surface area contributed by atoms with Crippen LogP contribution in [0.1, 0.15) is 51.9 Å². The Morgan fingerprint density at radius 3 is 2.48 bits per heavy atom. The lowest BCUT2D eigenvalue weighted by Crippen LogP contribution is -2.61. The van der Waals surface area contributed by atoms with Crippen LogP contribution in [0, 0.1) is 5.92 Å². The molecule has 3 heterocycles. The number of methoxy groups -OCH3 is 1. The van der Waals surface area contributed by atoms with Crippen LogP contribution in [-0.4, -0.2) is 77.9 Å². The molecule has 0 aromatic heterocycles. The molecule has 0 saturated carbocycles. The summed E-state index contributed by atoms with van der Waals surface area (Å²) in [5.74, 6) is 0.0272. The maximum atomic E-state index is 12.5. The molecule has 3 saturated heterocycles. The fourth-order valence-corrected chi connectivity index (χ4v) is 5.48. The van der Waals surface area contributed by atoms with Gasteiger partial charge in [-0.1, -0.05) is 13.5 Å². The van der Waals surface area contributed by atoms with Crippen molar-refractivity contribution < 1.29 is 38.7 Å². The van der Waals surface area contributed by atoms with Crippen molar-refractivity contribution in [1.82, 2.24) is 0 Å². The SMILES string of the molecule is C=C(I)C[C@H](C)CCC(=O)C[C@@H]1OC2C(O[C@H]3CCC(CC(=O)OC)O[C@@H]3C2O)C1O. The van der Waals surface area contributed by atoms with Crippen LogP contribution in [-0.2, 0) is 28.5 Å². The van der Waals surface area contributed by atoms with Gasteiger partial charge in [-0.2, -0.15) is 0 Å². The Morgan fingerprint density at radius 1 is 1.10 bits per heavy atom. The van der Waals surface area contributed by atoms with Crippen molar-refractivity contribution in [2.45, 2.75) is 101 Å². The summed E-state index contributed by atoms with van der Waals surface area (Å²) in [4.78, 5) is 24.0. The fourth-order valence-electron chi connectivity index (χ4n) is 4.73. The monoisotopic (exact) mass is 552 g/mol. The van der Waals surface area contributed by atoms with E-state index in [1.165, 1.54) is 7.11 Å². The number of hydrogen-bond donors (Lipinski definition) is 2. The predicted octanol–water partition coefficient (Wildman–Crippen LogP) is 2.07. The van der Waals surface area contributed by atoms with Crippen LogP contribution in [0.2, 0.25) is 0 Å². The number of ketones is 1. The molecule has 5 unspecified atom stereocenters. The Labute approximate surface area is 196 Å². The van der Waals surface area contributed by atoms with Crippen LogP contribution in [0.4, 0.5) is 0 Å². The maximum Gasteiger partial charge on any atom is 0.308 e. The highest BCUT2D eigenvalue weighted by molar-refractivity contribution is 14.1. The molecule has 0 spiro atoms. The van der Waals surface area contributed by atoms with Gasteiger partial charge in [-0.15, -0.1) is 0 Å². The number of allylic oxidation sites excluding steroid dienone is 1. The van der Waals surface area contributed by atoms with Gasteiger partial charge in [0.1, 0.15) is 36.3 Å². The maximum absolute atomic E-state index is 12.5. The molecule has 9 atom stereocenters. The van der Waals surface area contributed by atoms with Crippen LogP contribution in [0.3, 0.4) is 0 Å². The van der Waals surface area contributed by atoms with E-state index in [0.717, 1.165) is 16.4 Å². The Hall–Kier alpha value is -0.590. The van der Waals surface area contributed by atoms with Crippen molar-refractivity contribution in [2.75, 3.05) is 7.11 Å². The topological polar surface area (TPSA) is 112 Å². The largest absolute Gasteiger partial charge is 0.469 e. The van der Waals surface area contributed by atoms with Gasteiger partial charge in [-0.05, 0) is 57.8 Å². The van der Waals surface area contributed by atoms with Crippen LogP contribution in [0.15, 0.2) is 10.2 Å². The lowest BCUT2D eigenvalue weighted by atomic mass is 9.87. The van der Waals surface area contributed by atoms with Crippen molar-refractivity contribution >= 4 is 34.3 Å². The first-order chi connectivity index (χ1) is 14.7. The molecule has 0 radical (unpaired) electrons. The number of ether oxygens (including phenoxy) is 4. The molecule has 0 bridgehead atoms. The molecular formula is C22H33IO8. The van der Waals surface area contributed by atoms with Crippen LogP contribution in [0.25, 0.3) is 0 Å². The number of hydrogen-bond acceptors (Lipinski definition) is 8. The van der Waals surface area contributed by atoms with Crippen molar-refractivity contribution in [3.8, 4) is 0 Å². The third kappa shape index (κ3) is 6.26. The van der Waals surface area contributed by atoms with Gasteiger partial charge < -0.3 is 29.2 Å². The molecule has 176 valence electrons. The van der Waals surface area contributed by atoms with E-state index < -0.39 is 36.6 Å². The molecule has 0 amide bonds. The zero-order valence-corrected chi connectivity index (χ0v) is 20.2. The van der Waals surface area contributed by atoms with E-state index in [1.807, 2.05) is 0 Å². The third-order valence-electron chi connectivity index (χ3n) is 6.40. The second kappa shape index (κ2) is 11.0. The molecule has 3 aliphatic heterocycles. The molecule has 8 nitrogen and oxygen atoms in total. The van der Waals surface area contributed by atoms with Crippen molar-refractivity contribution in [3.05, 3.63) is 10.2 Å². The minimum Gasteiger partial charge on any atom is -0.469 e. The molecule has 9 heteroatoms. The zero-order chi connectivity index (χ0) is 22.7. The first-order valence-electron chi connectivity index (χ1n) is 10.9. The molecule has 0 aliphatic carbocycles. The molecule has 0 aromatic carbocycles. The minimum absolute atomic E-state index is 0.0231. The van der Waals surface area contributed by atoms with Gasteiger partial charge in [-0.3, -0.25) is 9.59 Å². The first kappa shape index (κ1) is 25.0. The first-order valence-corrected chi connectivity index (χ1v) is 12.0. The number of rotatable bonds is 9.